The smallest absolute Gasteiger partial charge is 0.000154 e. The zero-order chi connectivity index (χ0) is 40.0. The Kier molecular flexibility index (Phi) is 7.47. The van der Waals surface area contributed by atoms with Gasteiger partial charge in [0, 0.05) is 0 Å². The summed E-state index contributed by atoms with van der Waals surface area (Å²) in [5.74, 6) is 0. The molecule has 0 unspecified atom stereocenters. The number of hydrogen-bond acceptors (Lipinski definition) is 0. The first kappa shape index (κ1) is 34.1. The number of fused-ring (bicyclic) bond motifs is 14. The second-order valence-corrected chi connectivity index (χ2v) is 16.7. The molecule has 0 N–H and O–H groups in total. The molecule has 0 aliphatic heterocycles. The zero-order valence-electron chi connectivity index (χ0n) is 33.5. The van der Waals surface area contributed by atoms with Crippen molar-refractivity contribution in [2.24, 2.45) is 0 Å². The molecule has 0 nitrogen and oxygen atoms in total. The highest BCUT2D eigenvalue weighted by molar-refractivity contribution is 6.27. The molecule has 12 aromatic rings. The zero-order valence-corrected chi connectivity index (χ0v) is 33.5. The minimum absolute atomic E-state index is 0.862. The van der Waals surface area contributed by atoms with Crippen molar-refractivity contribution < 1.29 is 0 Å². The Morgan fingerprint density at radius 1 is 0.197 bits per heavy atom. The molecule has 0 heteroatoms. The Labute approximate surface area is 353 Å². The largest absolute Gasteiger partial charge is 0.0616 e. The van der Waals surface area contributed by atoms with Gasteiger partial charge in [0.25, 0.3) is 0 Å². The number of benzene rings is 12. The van der Waals surface area contributed by atoms with Crippen molar-refractivity contribution in [3.05, 3.63) is 240 Å². The van der Waals surface area contributed by atoms with Crippen LogP contribution in [0.15, 0.2) is 218 Å². The quantitative estimate of drug-likeness (QED) is 0.156. The van der Waals surface area contributed by atoms with E-state index in [1.54, 1.807) is 0 Å². The van der Waals surface area contributed by atoms with Crippen LogP contribution in [0.25, 0.3) is 109 Å². The van der Waals surface area contributed by atoms with Gasteiger partial charge >= 0.3 is 0 Å². The van der Waals surface area contributed by atoms with Gasteiger partial charge in [-0.25, -0.2) is 0 Å². The fraction of sp³-hybridized carbons (Fsp3) is 0.0164. The predicted molar refractivity (Wildman–Crippen MR) is 262 cm³/mol. The van der Waals surface area contributed by atoms with E-state index in [4.69, 9.17) is 0 Å². The Morgan fingerprint density at radius 2 is 0.492 bits per heavy atom. The maximum Gasteiger partial charge on any atom is -0.000154 e. The highest BCUT2D eigenvalue weighted by Crippen LogP contribution is 2.40. The fourth-order valence-corrected chi connectivity index (χ4v) is 10.6. The lowest BCUT2D eigenvalue weighted by molar-refractivity contribution is 1.40. The van der Waals surface area contributed by atoms with Gasteiger partial charge in [-0.05, 0) is 173 Å². The van der Waals surface area contributed by atoms with E-state index >= 15 is 0 Å². The fourth-order valence-electron chi connectivity index (χ4n) is 10.6. The molecule has 1 aliphatic carbocycles. The van der Waals surface area contributed by atoms with Gasteiger partial charge in [-0.2, -0.15) is 0 Å². The summed E-state index contributed by atoms with van der Waals surface area (Å²) in [5.41, 5.74) is 10.3. The van der Waals surface area contributed by atoms with E-state index < -0.39 is 0 Å². The van der Waals surface area contributed by atoms with E-state index in [1.807, 2.05) is 0 Å². The lowest BCUT2D eigenvalue weighted by atomic mass is 9.90. The van der Waals surface area contributed by atoms with Crippen LogP contribution in [0.2, 0.25) is 0 Å². The lowest BCUT2D eigenvalue weighted by Crippen LogP contribution is -2.24. The van der Waals surface area contributed by atoms with Crippen LogP contribution in [-0.4, -0.2) is 0 Å². The van der Waals surface area contributed by atoms with E-state index in [0.717, 1.165) is 6.42 Å². The molecule has 0 spiro atoms. The summed E-state index contributed by atoms with van der Waals surface area (Å²) in [5, 5.41) is 20.8. The van der Waals surface area contributed by atoms with Crippen LogP contribution in [-0.2, 0) is 0 Å². The molecule has 0 radical (unpaired) electrons. The Hall–Kier alpha value is -7.80. The molecule has 0 atom stereocenters. The van der Waals surface area contributed by atoms with Crippen molar-refractivity contribution in [1.29, 1.82) is 0 Å². The van der Waals surface area contributed by atoms with Gasteiger partial charge in [-0.15, -0.1) is 0 Å². The summed E-state index contributed by atoms with van der Waals surface area (Å²) in [7, 11) is 0. The lowest BCUT2D eigenvalue weighted by Gasteiger charge is -2.14. The van der Waals surface area contributed by atoms with E-state index in [1.165, 1.54) is 130 Å². The standard InChI is InChI=1S/C61H38/c1-2-14-41-34-61-57(45-18-12-16-39(32-45)43-28-30-55-51-24-6-4-20-47(51)49-22-8-10-26-53(49)59(55)36-43)37-56(60(61)33-40(41)13-1)44-17-11-15-38(31-44)42-27-29-54-50-23-5-3-19-46(50)48-21-7-9-25-52(48)58(54)35-42/h1-36H,37H2. The average Bonchev–Trinajstić information content (AvgIpc) is 3.71. The normalized spacial score (nSPS) is 12.8. The van der Waals surface area contributed by atoms with Crippen molar-refractivity contribution in [3.8, 4) is 22.3 Å². The maximum absolute atomic E-state index is 2.43. The van der Waals surface area contributed by atoms with Gasteiger partial charge in [0.1, 0.15) is 0 Å². The number of rotatable bonds is 4. The maximum atomic E-state index is 2.43. The minimum Gasteiger partial charge on any atom is -0.0616 e. The molecule has 0 heterocycles. The Bertz CT molecular complexity index is 3630. The van der Waals surface area contributed by atoms with Gasteiger partial charge in [0.15, 0.2) is 0 Å². The van der Waals surface area contributed by atoms with Gasteiger partial charge < -0.3 is 0 Å². The van der Waals surface area contributed by atoms with Crippen LogP contribution in [0.3, 0.4) is 0 Å². The molecule has 13 rings (SSSR count). The second kappa shape index (κ2) is 13.4. The molecular formula is C61H38. The second-order valence-electron chi connectivity index (χ2n) is 16.7. The third kappa shape index (κ3) is 5.32. The Morgan fingerprint density at radius 3 is 0.869 bits per heavy atom. The predicted octanol–water partition coefficient (Wildman–Crippen LogP) is 14.9. The van der Waals surface area contributed by atoms with E-state index in [0.29, 0.717) is 0 Å². The minimum atomic E-state index is 0.862. The SMILES string of the molecule is c1cc(C2=c3cc4ccccc4cc3=C(c3cccc(-c4ccc5c6ccccc6c6ccccc6c5c4)c3)C2)cc(-c2ccc3c4ccccc4c4ccccc4c3c2)c1. The highest BCUT2D eigenvalue weighted by Gasteiger charge is 2.20. The van der Waals surface area contributed by atoms with Crippen LogP contribution in [0.1, 0.15) is 17.5 Å². The monoisotopic (exact) mass is 770 g/mol. The van der Waals surface area contributed by atoms with Crippen LogP contribution >= 0.6 is 0 Å². The van der Waals surface area contributed by atoms with Crippen molar-refractivity contribution in [3.63, 3.8) is 0 Å². The summed E-state index contributed by atoms with van der Waals surface area (Å²) in [6, 6.07) is 81.6. The van der Waals surface area contributed by atoms with Crippen molar-refractivity contribution >= 4 is 86.6 Å². The van der Waals surface area contributed by atoms with Gasteiger partial charge in [0.05, 0.1) is 0 Å². The first-order valence-corrected chi connectivity index (χ1v) is 21.4. The molecular weight excluding hydrogens is 733 g/mol. The van der Waals surface area contributed by atoms with Crippen molar-refractivity contribution in [1.82, 2.24) is 0 Å². The van der Waals surface area contributed by atoms with E-state index in [9.17, 15) is 0 Å². The summed E-state index contributed by atoms with van der Waals surface area (Å²) in [6.45, 7) is 0. The summed E-state index contributed by atoms with van der Waals surface area (Å²) >= 11 is 0. The molecule has 61 heavy (non-hydrogen) atoms. The summed E-state index contributed by atoms with van der Waals surface area (Å²) in [6.07, 6.45) is 0.862. The van der Waals surface area contributed by atoms with Gasteiger partial charge in [-0.3, -0.25) is 0 Å². The van der Waals surface area contributed by atoms with Gasteiger partial charge in [0.2, 0.25) is 0 Å². The topological polar surface area (TPSA) is 0 Å². The van der Waals surface area contributed by atoms with E-state index in [2.05, 4.69) is 218 Å². The van der Waals surface area contributed by atoms with Crippen molar-refractivity contribution in [2.75, 3.05) is 0 Å². The number of hydrogen-bond donors (Lipinski definition) is 0. The first-order valence-electron chi connectivity index (χ1n) is 21.4. The Balaban J connectivity index is 0.956. The average molecular weight is 771 g/mol. The molecule has 12 aromatic carbocycles. The van der Waals surface area contributed by atoms with E-state index in [-0.39, 0.29) is 0 Å². The third-order valence-corrected chi connectivity index (χ3v) is 13.5. The molecule has 0 saturated heterocycles. The van der Waals surface area contributed by atoms with Crippen molar-refractivity contribution in [2.45, 2.75) is 6.42 Å². The molecule has 0 bridgehead atoms. The van der Waals surface area contributed by atoms with Crippen LogP contribution in [0.5, 0.6) is 0 Å². The van der Waals surface area contributed by atoms with Crippen LogP contribution in [0.4, 0.5) is 0 Å². The summed E-state index contributed by atoms with van der Waals surface area (Å²) < 4.78 is 0. The van der Waals surface area contributed by atoms with Gasteiger partial charge in [-0.1, -0.05) is 182 Å². The molecule has 1 aliphatic rings. The van der Waals surface area contributed by atoms with Crippen LogP contribution < -0.4 is 10.4 Å². The molecule has 0 saturated carbocycles. The molecule has 0 aromatic heterocycles. The van der Waals surface area contributed by atoms with Crippen LogP contribution in [0, 0.1) is 0 Å². The molecule has 282 valence electrons. The molecule has 0 amide bonds. The molecule has 0 fully saturated rings. The summed E-state index contributed by atoms with van der Waals surface area (Å²) in [4.78, 5) is 0. The first-order chi connectivity index (χ1) is 30.2. The third-order valence-electron chi connectivity index (χ3n) is 13.5. The highest BCUT2D eigenvalue weighted by atomic mass is 14.2.